The summed E-state index contributed by atoms with van der Waals surface area (Å²) in [5, 5.41) is 9.26. The van der Waals surface area contributed by atoms with Crippen molar-refractivity contribution in [3.63, 3.8) is 0 Å². The lowest BCUT2D eigenvalue weighted by atomic mass is 9.94. The Morgan fingerprint density at radius 1 is 0.906 bits per heavy atom. The van der Waals surface area contributed by atoms with E-state index in [0.717, 1.165) is 0 Å². The molecule has 2 saturated heterocycles. The lowest BCUT2D eigenvalue weighted by Crippen LogP contribution is -2.55. The molecule has 2 atom stereocenters. The van der Waals surface area contributed by atoms with Crippen LogP contribution in [0.5, 0.6) is 0 Å². The van der Waals surface area contributed by atoms with Crippen LogP contribution in [0.15, 0.2) is 48.8 Å². The van der Waals surface area contributed by atoms with Gasteiger partial charge < -0.3 is 35.2 Å². The number of piperidine rings is 1. The second kappa shape index (κ2) is 21.3. The smallest absolute Gasteiger partial charge is 0.263 e. The molecule has 2 fully saturated rings. The largest absolute Gasteiger partial charge is 0.383 e. The van der Waals surface area contributed by atoms with Crippen LogP contribution in [-0.2, 0) is 30.3 Å². The van der Waals surface area contributed by atoms with E-state index in [1.54, 1.807) is 48.2 Å². The summed E-state index contributed by atoms with van der Waals surface area (Å²) < 4.78 is 43.2. The first-order valence-electron chi connectivity index (χ1n) is 21.9. The van der Waals surface area contributed by atoms with Crippen LogP contribution >= 0.6 is 11.6 Å². The fourth-order valence-corrected chi connectivity index (χ4v) is 8.88. The molecule has 3 N–H and O–H groups in total. The van der Waals surface area contributed by atoms with Crippen molar-refractivity contribution in [3.05, 3.63) is 82.1 Å². The van der Waals surface area contributed by atoms with E-state index in [1.165, 1.54) is 17.3 Å². The Balaban J connectivity index is 0.801. The number of rotatable bonds is 19. The molecule has 4 aromatic rings. The van der Waals surface area contributed by atoms with Gasteiger partial charge in [0, 0.05) is 93.4 Å². The molecule has 0 spiro atoms. The molecule has 18 heteroatoms. The molecular weight excluding hydrogens is 850 g/mol. The number of nitrogens with zero attached hydrogens (tertiary/aromatic N) is 5. The quantitative estimate of drug-likeness (QED) is 0.0798. The number of amides is 5. The second-order valence-electron chi connectivity index (χ2n) is 16.0. The monoisotopic (exact) mass is 902 g/mol. The number of benzene rings is 3. The van der Waals surface area contributed by atoms with Gasteiger partial charge in [-0.3, -0.25) is 28.9 Å². The lowest BCUT2D eigenvalue weighted by molar-refractivity contribution is -0.131. The maximum atomic E-state index is 16.4. The lowest BCUT2D eigenvalue weighted by Gasteiger charge is -2.35. The molecule has 64 heavy (non-hydrogen) atoms. The normalized spacial score (nSPS) is 17.5. The maximum Gasteiger partial charge on any atom is 0.263 e. The average Bonchev–Trinajstić information content (AvgIpc) is 3.54. The fraction of sp³-hybridized carbons (Fsp3) is 0.457. The number of piperazine rings is 1. The molecule has 2 unspecified atom stereocenters. The summed E-state index contributed by atoms with van der Waals surface area (Å²) in [4.78, 5) is 76.7. The highest BCUT2D eigenvalue weighted by Crippen LogP contribution is 2.41. The number of carbonyl (C=O) groups is 5. The summed E-state index contributed by atoms with van der Waals surface area (Å²) >= 11 is 6.74. The number of halogens is 3. The number of aromatic nitrogens is 2. The van der Waals surface area contributed by atoms with Crippen molar-refractivity contribution >= 4 is 63.5 Å². The molecule has 1 aromatic heterocycles. The van der Waals surface area contributed by atoms with Gasteiger partial charge in [0.15, 0.2) is 5.82 Å². The Morgan fingerprint density at radius 2 is 1.67 bits per heavy atom. The van der Waals surface area contributed by atoms with Crippen molar-refractivity contribution in [1.29, 1.82) is 0 Å². The van der Waals surface area contributed by atoms with Crippen molar-refractivity contribution in [3.8, 4) is 11.1 Å². The van der Waals surface area contributed by atoms with E-state index < -0.39 is 23.6 Å². The van der Waals surface area contributed by atoms with E-state index in [0.29, 0.717) is 112 Å². The maximum absolute atomic E-state index is 16.4. The highest BCUT2D eigenvalue weighted by atomic mass is 35.5. The Bertz CT molecular complexity index is 2400. The summed E-state index contributed by atoms with van der Waals surface area (Å²) in [6, 6.07) is 10.5. The van der Waals surface area contributed by atoms with Gasteiger partial charge in [-0.2, -0.15) is 0 Å². The first-order chi connectivity index (χ1) is 31.0. The summed E-state index contributed by atoms with van der Waals surface area (Å²) in [5.74, 6) is -1.82. The first-order valence-corrected chi connectivity index (χ1v) is 22.3. The van der Waals surface area contributed by atoms with Gasteiger partial charge in [0.25, 0.3) is 11.8 Å². The number of fused-ring (bicyclic) bond motifs is 2. The Morgan fingerprint density at radius 3 is 2.44 bits per heavy atom. The van der Waals surface area contributed by atoms with Crippen LogP contribution in [0, 0.1) is 11.6 Å². The van der Waals surface area contributed by atoms with E-state index in [9.17, 15) is 24.0 Å². The Kier molecular flexibility index (Phi) is 15.4. The van der Waals surface area contributed by atoms with Crippen molar-refractivity contribution in [2.75, 3.05) is 75.9 Å². The zero-order chi connectivity index (χ0) is 45.3. The van der Waals surface area contributed by atoms with E-state index in [4.69, 9.17) is 21.1 Å². The summed E-state index contributed by atoms with van der Waals surface area (Å²) in [6.07, 6.45) is 4.26. The SMILES string of the molecule is CCC(=O)N1CCN(c2ncnc3c(F)c(-c4c(F)cccc4CCCCOCCOCCC(=O)NCCNc4cccc5c4C(=O)N(C4CCC(=O)NC4C)C5=O)c(Cl)cc23)CC1. The van der Waals surface area contributed by atoms with Crippen molar-refractivity contribution < 1.29 is 42.2 Å². The standard InChI is InChI=1S/C46H53ClF2N8O7/c1-3-38(60)55-18-20-56(21-19-55)44-31-26-32(47)41(42(49)43(31)52-27-53-44)39-29(9-6-11-33(39)48)8-4-5-22-63-24-25-64-23-15-36(58)51-17-16-50-34-12-7-10-30-40(34)46(62)57(45(30)61)35-13-14-37(59)54-28(35)2/h6-7,9-12,26-28,35,50H,3-5,8,13-25H2,1-2H3,(H,51,58)(H,54,59). The van der Waals surface area contributed by atoms with Gasteiger partial charge in [0.2, 0.25) is 17.7 Å². The summed E-state index contributed by atoms with van der Waals surface area (Å²) in [6.45, 7) is 7.53. The number of carbonyl (C=O) groups excluding carboxylic acids is 5. The van der Waals surface area contributed by atoms with Gasteiger partial charge in [-0.05, 0) is 62.4 Å². The van der Waals surface area contributed by atoms with Crippen LogP contribution in [0.3, 0.4) is 0 Å². The fourth-order valence-electron chi connectivity index (χ4n) is 8.60. The predicted octanol–water partition coefficient (Wildman–Crippen LogP) is 5.52. The molecule has 0 radical (unpaired) electrons. The third-order valence-electron chi connectivity index (χ3n) is 11.9. The van der Waals surface area contributed by atoms with Gasteiger partial charge in [0.1, 0.15) is 23.5 Å². The Hall–Kier alpha value is -5.78. The van der Waals surface area contributed by atoms with Crippen molar-refractivity contribution in [1.82, 2.24) is 30.4 Å². The van der Waals surface area contributed by atoms with Crippen LogP contribution in [-0.4, -0.2) is 127 Å². The zero-order valence-electron chi connectivity index (χ0n) is 36.0. The molecule has 3 aliphatic heterocycles. The number of unbranched alkanes of at least 4 members (excludes halogenated alkanes) is 1. The van der Waals surface area contributed by atoms with E-state index in [2.05, 4.69) is 25.9 Å². The Labute approximate surface area is 375 Å². The molecule has 15 nitrogen and oxygen atoms in total. The van der Waals surface area contributed by atoms with E-state index >= 15 is 8.78 Å². The molecule has 3 aliphatic rings. The molecule has 5 amide bonds. The zero-order valence-corrected chi connectivity index (χ0v) is 36.8. The summed E-state index contributed by atoms with van der Waals surface area (Å²) in [5.41, 5.74) is 1.79. The molecule has 3 aromatic carbocycles. The number of imide groups is 1. The number of aryl methyl sites for hydroxylation is 1. The van der Waals surface area contributed by atoms with Gasteiger partial charge in [-0.15, -0.1) is 0 Å². The molecule has 0 aliphatic carbocycles. The minimum absolute atomic E-state index is 0.0395. The van der Waals surface area contributed by atoms with Crippen molar-refractivity contribution in [2.45, 2.75) is 70.9 Å². The topological polar surface area (TPSA) is 175 Å². The third-order valence-corrected chi connectivity index (χ3v) is 12.2. The average molecular weight is 903 g/mol. The van der Waals surface area contributed by atoms with Gasteiger partial charge in [0.05, 0.1) is 42.0 Å². The second-order valence-corrected chi connectivity index (χ2v) is 16.4. The molecule has 0 saturated carbocycles. The van der Waals surface area contributed by atoms with Crippen LogP contribution in [0.4, 0.5) is 20.3 Å². The summed E-state index contributed by atoms with van der Waals surface area (Å²) in [7, 11) is 0. The molecular formula is C46H53ClF2N8O7. The first kappa shape index (κ1) is 46.2. The van der Waals surface area contributed by atoms with Gasteiger partial charge in [-0.25, -0.2) is 18.7 Å². The van der Waals surface area contributed by atoms with Crippen LogP contribution in [0.1, 0.15) is 78.7 Å². The van der Waals surface area contributed by atoms with Crippen molar-refractivity contribution in [2.24, 2.45) is 0 Å². The number of hydrogen-bond acceptors (Lipinski definition) is 11. The van der Waals surface area contributed by atoms with Crippen LogP contribution in [0.2, 0.25) is 5.02 Å². The molecule has 0 bridgehead atoms. The molecule has 340 valence electrons. The number of hydrogen-bond donors (Lipinski definition) is 3. The van der Waals surface area contributed by atoms with Crippen LogP contribution < -0.4 is 20.9 Å². The van der Waals surface area contributed by atoms with Gasteiger partial charge in [-0.1, -0.05) is 36.7 Å². The predicted molar refractivity (Wildman–Crippen MR) is 237 cm³/mol. The minimum atomic E-state index is -0.726. The highest BCUT2D eigenvalue weighted by Gasteiger charge is 2.44. The van der Waals surface area contributed by atoms with E-state index in [1.807, 2.05) is 11.8 Å². The van der Waals surface area contributed by atoms with E-state index in [-0.39, 0.29) is 83.9 Å². The molecule has 7 rings (SSSR count). The number of nitrogens with one attached hydrogen (secondary N) is 3. The highest BCUT2D eigenvalue weighted by molar-refractivity contribution is 6.34. The minimum Gasteiger partial charge on any atom is -0.383 e. The van der Waals surface area contributed by atoms with Crippen LogP contribution in [0.25, 0.3) is 22.0 Å². The number of anilines is 2. The molecule has 4 heterocycles. The van der Waals surface area contributed by atoms with Gasteiger partial charge >= 0.3 is 0 Å². The number of ether oxygens (including phenoxy) is 2. The third kappa shape index (κ3) is 10.3.